The van der Waals surface area contributed by atoms with Crippen molar-refractivity contribution >= 4 is 40.9 Å². The van der Waals surface area contributed by atoms with Gasteiger partial charge in [-0.15, -0.1) is 11.8 Å². The monoisotopic (exact) mass is 347 g/mol. The normalized spacial score (nSPS) is 19.0. The molecular weight excluding hydrogens is 329 g/mol. The maximum atomic E-state index is 11.6. The van der Waals surface area contributed by atoms with Gasteiger partial charge in [0, 0.05) is 21.2 Å². The Morgan fingerprint density at radius 2 is 2.19 bits per heavy atom. The Hall–Kier alpha value is -0.420. The molecule has 2 atom stereocenters. The molecule has 1 aromatic rings. The van der Waals surface area contributed by atoms with E-state index in [1.807, 2.05) is 13.0 Å². The molecule has 1 aromatic carbocycles. The quantitative estimate of drug-likeness (QED) is 0.715. The van der Waals surface area contributed by atoms with Crippen LogP contribution in [0.15, 0.2) is 23.1 Å². The lowest BCUT2D eigenvalue weighted by molar-refractivity contribution is -0.144. The fourth-order valence-electron chi connectivity index (χ4n) is 2.29. The summed E-state index contributed by atoms with van der Waals surface area (Å²) in [6, 6.07) is 5.67. The van der Waals surface area contributed by atoms with Crippen LogP contribution in [0.4, 0.5) is 0 Å². The van der Waals surface area contributed by atoms with Gasteiger partial charge in [-0.25, -0.2) is 0 Å². The Balaban J connectivity index is 2.03. The molecule has 0 amide bonds. The highest BCUT2D eigenvalue weighted by molar-refractivity contribution is 8.00. The Morgan fingerprint density at radius 3 is 2.76 bits per heavy atom. The molecule has 2 unspecified atom stereocenters. The molecule has 1 fully saturated rings. The minimum Gasteiger partial charge on any atom is -0.480 e. The largest absolute Gasteiger partial charge is 0.480 e. The summed E-state index contributed by atoms with van der Waals surface area (Å²) in [5, 5.41) is 14.1. The molecular formula is C15H19Cl2NO2S. The molecule has 0 heterocycles. The average molecular weight is 348 g/mol. The number of carboxylic acids is 1. The average Bonchev–Trinajstić information content (AvgIpc) is 3.17. The number of rotatable bonds is 7. The third-order valence-corrected chi connectivity index (χ3v) is 5.33. The third kappa shape index (κ3) is 4.78. The number of hydrogen-bond donors (Lipinski definition) is 2. The molecule has 21 heavy (non-hydrogen) atoms. The number of nitrogens with one attached hydrogen (secondary N) is 1. The predicted molar refractivity (Wildman–Crippen MR) is 88.6 cm³/mol. The standard InChI is InChI=1S/C15H19Cl2NO2S/c1-9(21-13-7-10(16)3-6-12(13)17)8-15(2,14(19)20)18-11-4-5-11/h3,6-7,9,11,18H,4-5,8H2,1-2H3,(H,19,20). The second-order valence-corrected chi connectivity index (χ2v) is 8.09. The molecule has 1 aliphatic carbocycles. The van der Waals surface area contributed by atoms with Crippen LogP contribution in [-0.4, -0.2) is 27.9 Å². The van der Waals surface area contributed by atoms with E-state index in [2.05, 4.69) is 5.32 Å². The minimum absolute atomic E-state index is 0.105. The second kappa shape index (κ2) is 6.78. The van der Waals surface area contributed by atoms with E-state index in [0.717, 1.165) is 17.7 Å². The van der Waals surface area contributed by atoms with Gasteiger partial charge in [-0.05, 0) is 44.4 Å². The molecule has 0 aliphatic heterocycles. The Bertz CT molecular complexity index is 536. The van der Waals surface area contributed by atoms with Crippen LogP contribution in [0.2, 0.25) is 10.0 Å². The van der Waals surface area contributed by atoms with Crippen LogP contribution in [0.3, 0.4) is 0 Å². The number of hydrogen-bond acceptors (Lipinski definition) is 3. The summed E-state index contributed by atoms with van der Waals surface area (Å²) in [6.45, 7) is 3.77. The van der Waals surface area contributed by atoms with Crippen LogP contribution in [0.5, 0.6) is 0 Å². The molecule has 6 heteroatoms. The van der Waals surface area contributed by atoms with Gasteiger partial charge in [-0.3, -0.25) is 10.1 Å². The SMILES string of the molecule is CC(CC(C)(NC1CC1)C(=O)O)Sc1cc(Cl)ccc1Cl. The summed E-state index contributed by atoms with van der Waals surface area (Å²) in [5.41, 5.74) is -0.904. The van der Waals surface area contributed by atoms with Crippen molar-refractivity contribution in [3.8, 4) is 0 Å². The molecule has 116 valence electrons. The summed E-state index contributed by atoms with van der Waals surface area (Å²) >= 11 is 13.7. The van der Waals surface area contributed by atoms with Crippen LogP contribution in [0.1, 0.15) is 33.1 Å². The summed E-state index contributed by atoms with van der Waals surface area (Å²) in [7, 11) is 0. The summed E-state index contributed by atoms with van der Waals surface area (Å²) in [5.74, 6) is -0.806. The fraction of sp³-hybridized carbons (Fsp3) is 0.533. The molecule has 1 saturated carbocycles. The first-order valence-corrected chi connectivity index (χ1v) is 8.56. The van der Waals surface area contributed by atoms with Gasteiger partial charge >= 0.3 is 5.97 Å². The smallest absolute Gasteiger partial charge is 0.323 e. The summed E-state index contributed by atoms with van der Waals surface area (Å²) in [6.07, 6.45) is 2.64. The highest BCUT2D eigenvalue weighted by Crippen LogP contribution is 2.36. The maximum absolute atomic E-state index is 11.6. The highest BCUT2D eigenvalue weighted by atomic mass is 35.5. The number of thioether (sulfide) groups is 1. The molecule has 0 spiro atoms. The van der Waals surface area contributed by atoms with E-state index in [0.29, 0.717) is 22.5 Å². The number of aliphatic carboxylic acids is 1. The van der Waals surface area contributed by atoms with Gasteiger partial charge in [0.15, 0.2) is 0 Å². The first kappa shape index (κ1) is 16.9. The van der Waals surface area contributed by atoms with Crippen molar-refractivity contribution in [2.75, 3.05) is 0 Å². The topological polar surface area (TPSA) is 49.3 Å². The summed E-state index contributed by atoms with van der Waals surface area (Å²) < 4.78 is 0. The number of carboxylic acid groups (broad SMARTS) is 1. The van der Waals surface area contributed by atoms with E-state index in [1.165, 1.54) is 0 Å². The zero-order valence-corrected chi connectivity index (χ0v) is 14.4. The van der Waals surface area contributed by atoms with E-state index in [1.54, 1.807) is 30.8 Å². The molecule has 2 N–H and O–H groups in total. The summed E-state index contributed by atoms with van der Waals surface area (Å²) in [4.78, 5) is 12.5. The van der Waals surface area contributed by atoms with Crippen LogP contribution < -0.4 is 5.32 Å². The first-order valence-electron chi connectivity index (χ1n) is 6.93. The number of halogens is 2. The zero-order chi connectivity index (χ0) is 15.6. The Morgan fingerprint density at radius 1 is 1.52 bits per heavy atom. The molecule has 2 rings (SSSR count). The Labute approximate surface area is 139 Å². The van der Waals surface area contributed by atoms with Crippen molar-refractivity contribution in [1.82, 2.24) is 5.32 Å². The lowest BCUT2D eigenvalue weighted by Crippen LogP contribution is -2.51. The van der Waals surface area contributed by atoms with Crippen molar-refractivity contribution in [2.24, 2.45) is 0 Å². The van der Waals surface area contributed by atoms with Crippen LogP contribution in [-0.2, 0) is 4.79 Å². The van der Waals surface area contributed by atoms with Crippen molar-refractivity contribution in [3.63, 3.8) is 0 Å². The van der Waals surface area contributed by atoms with Crippen molar-refractivity contribution < 1.29 is 9.90 Å². The van der Waals surface area contributed by atoms with Gasteiger partial charge < -0.3 is 5.11 Å². The molecule has 0 radical (unpaired) electrons. The van der Waals surface area contributed by atoms with Gasteiger partial charge in [-0.2, -0.15) is 0 Å². The lowest BCUT2D eigenvalue weighted by atomic mass is 9.96. The van der Waals surface area contributed by atoms with Gasteiger partial charge in [0.25, 0.3) is 0 Å². The molecule has 0 bridgehead atoms. The van der Waals surface area contributed by atoms with E-state index in [4.69, 9.17) is 23.2 Å². The second-order valence-electron chi connectivity index (χ2n) is 5.76. The van der Waals surface area contributed by atoms with Gasteiger partial charge in [0.05, 0.1) is 5.02 Å². The van der Waals surface area contributed by atoms with Crippen LogP contribution in [0.25, 0.3) is 0 Å². The van der Waals surface area contributed by atoms with Gasteiger partial charge in [0.2, 0.25) is 0 Å². The highest BCUT2D eigenvalue weighted by Gasteiger charge is 2.39. The van der Waals surface area contributed by atoms with Crippen molar-refractivity contribution in [1.29, 1.82) is 0 Å². The fourth-order valence-corrected chi connectivity index (χ4v) is 4.00. The van der Waals surface area contributed by atoms with E-state index in [-0.39, 0.29) is 5.25 Å². The number of benzene rings is 1. The van der Waals surface area contributed by atoms with E-state index < -0.39 is 11.5 Å². The molecule has 3 nitrogen and oxygen atoms in total. The first-order chi connectivity index (χ1) is 9.80. The molecule has 1 aliphatic rings. The van der Waals surface area contributed by atoms with Gasteiger partial charge in [0.1, 0.15) is 5.54 Å². The molecule has 0 saturated heterocycles. The number of carbonyl (C=O) groups is 1. The zero-order valence-electron chi connectivity index (χ0n) is 12.0. The van der Waals surface area contributed by atoms with Crippen LogP contribution in [0, 0.1) is 0 Å². The Kier molecular flexibility index (Phi) is 5.47. The van der Waals surface area contributed by atoms with E-state index in [9.17, 15) is 9.90 Å². The minimum atomic E-state index is -0.904. The maximum Gasteiger partial charge on any atom is 0.323 e. The molecule has 0 aromatic heterocycles. The van der Waals surface area contributed by atoms with Crippen LogP contribution >= 0.6 is 35.0 Å². The van der Waals surface area contributed by atoms with E-state index >= 15 is 0 Å². The van der Waals surface area contributed by atoms with Crippen molar-refractivity contribution in [2.45, 2.75) is 54.8 Å². The lowest BCUT2D eigenvalue weighted by Gasteiger charge is -2.29. The predicted octanol–water partition coefficient (Wildman–Crippen LogP) is 4.46. The van der Waals surface area contributed by atoms with Gasteiger partial charge in [-0.1, -0.05) is 30.1 Å². The third-order valence-electron chi connectivity index (χ3n) is 3.49. The van der Waals surface area contributed by atoms with Crippen molar-refractivity contribution in [3.05, 3.63) is 28.2 Å².